The highest BCUT2D eigenvalue weighted by atomic mass is 16.5. The molecule has 0 spiro atoms. The van der Waals surface area contributed by atoms with Crippen LogP contribution in [0.25, 0.3) is 0 Å². The minimum absolute atomic E-state index is 0.716. The Hall–Kier alpha value is -1.02. The minimum atomic E-state index is 0.716. The molecule has 18 heavy (non-hydrogen) atoms. The molecule has 2 atom stereocenters. The molecule has 1 aromatic rings. The van der Waals surface area contributed by atoms with Gasteiger partial charge in [-0.1, -0.05) is 19.4 Å². The van der Waals surface area contributed by atoms with Gasteiger partial charge in [-0.15, -0.1) is 0 Å². The average Bonchev–Trinajstić information content (AvgIpc) is 2.45. The largest absolute Gasteiger partial charge is 0.497 e. The van der Waals surface area contributed by atoms with Gasteiger partial charge in [0, 0.05) is 12.5 Å². The van der Waals surface area contributed by atoms with Gasteiger partial charge < -0.3 is 9.64 Å². The maximum atomic E-state index is 5.34. The molecule has 3 rings (SSSR count). The Morgan fingerprint density at radius 3 is 2.67 bits per heavy atom. The molecule has 0 N–H and O–H groups in total. The number of hydrogen-bond donors (Lipinski definition) is 0. The first-order valence-electron chi connectivity index (χ1n) is 7.20. The molecule has 98 valence electrons. The summed E-state index contributed by atoms with van der Waals surface area (Å²) < 4.78 is 5.34. The quantitative estimate of drug-likeness (QED) is 0.809. The number of likely N-dealkylation sites (tertiary alicyclic amines) is 1. The first-order valence-corrected chi connectivity index (χ1v) is 7.20. The first-order chi connectivity index (χ1) is 8.79. The molecule has 0 radical (unpaired) electrons. The number of piperidine rings is 1. The van der Waals surface area contributed by atoms with Crippen LogP contribution in [0.1, 0.15) is 49.1 Å². The highest BCUT2D eigenvalue weighted by Gasteiger charge is 2.35. The summed E-state index contributed by atoms with van der Waals surface area (Å²) in [6, 6.07) is 6.57. The number of nitrogens with zero attached hydrogens (tertiary/aromatic N) is 1. The summed E-state index contributed by atoms with van der Waals surface area (Å²) in [5, 5.41) is 0. The first kappa shape index (κ1) is 12.0. The molecular formula is C16H23NO. The Bertz CT molecular complexity index is 423. The van der Waals surface area contributed by atoms with Crippen molar-refractivity contribution in [2.75, 3.05) is 26.7 Å². The second-order valence-corrected chi connectivity index (χ2v) is 5.75. The smallest absolute Gasteiger partial charge is 0.119 e. The summed E-state index contributed by atoms with van der Waals surface area (Å²) in [5.41, 5.74) is 3.05. The standard InChI is InChI=1S/C16H23NO/c1-12-14-7-6-13(18-2)10-15(14)16(12)11-17-8-4-3-5-9-17/h6-7,10,12,16H,3-5,8-9,11H2,1-2H3. The number of methoxy groups -OCH3 is 1. The molecule has 1 fully saturated rings. The Morgan fingerprint density at radius 1 is 1.17 bits per heavy atom. The van der Waals surface area contributed by atoms with E-state index in [-0.39, 0.29) is 0 Å². The van der Waals surface area contributed by atoms with Gasteiger partial charge in [0.1, 0.15) is 5.75 Å². The van der Waals surface area contributed by atoms with E-state index in [1.807, 2.05) is 0 Å². The maximum absolute atomic E-state index is 5.34. The number of rotatable bonds is 3. The van der Waals surface area contributed by atoms with E-state index < -0.39 is 0 Å². The zero-order valence-electron chi connectivity index (χ0n) is 11.5. The van der Waals surface area contributed by atoms with Gasteiger partial charge in [-0.05, 0) is 55.1 Å². The summed E-state index contributed by atoms with van der Waals surface area (Å²) in [6.45, 7) is 6.19. The van der Waals surface area contributed by atoms with E-state index >= 15 is 0 Å². The van der Waals surface area contributed by atoms with E-state index in [2.05, 4.69) is 30.0 Å². The Balaban J connectivity index is 1.72. The average molecular weight is 245 g/mol. The lowest BCUT2D eigenvalue weighted by Crippen LogP contribution is -2.38. The minimum Gasteiger partial charge on any atom is -0.497 e. The molecule has 1 aliphatic heterocycles. The van der Waals surface area contributed by atoms with Crippen LogP contribution in [-0.4, -0.2) is 31.6 Å². The molecule has 1 aromatic carbocycles. The highest BCUT2D eigenvalue weighted by Crippen LogP contribution is 2.48. The molecule has 2 heteroatoms. The molecule has 2 unspecified atom stereocenters. The fourth-order valence-corrected chi connectivity index (χ4v) is 3.48. The molecule has 1 heterocycles. The van der Waals surface area contributed by atoms with Crippen molar-refractivity contribution < 1.29 is 4.74 Å². The van der Waals surface area contributed by atoms with Crippen molar-refractivity contribution in [3.8, 4) is 5.75 Å². The lowest BCUT2D eigenvalue weighted by molar-refractivity contribution is 0.200. The van der Waals surface area contributed by atoms with Crippen molar-refractivity contribution in [2.45, 2.75) is 38.0 Å². The number of ether oxygens (including phenoxy) is 1. The second kappa shape index (κ2) is 4.93. The number of fused-ring (bicyclic) bond motifs is 1. The normalized spacial score (nSPS) is 27.4. The summed E-state index contributed by atoms with van der Waals surface area (Å²) >= 11 is 0. The molecule has 0 amide bonds. The molecule has 0 saturated carbocycles. The maximum Gasteiger partial charge on any atom is 0.119 e. The van der Waals surface area contributed by atoms with Gasteiger partial charge in [-0.25, -0.2) is 0 Å². The van der Waals surface area contributed by atoms with E-state index in [0.29, 0.717) is 11.8 Å². The van der Waals surface area contributed by atoms with Gasteiger partial charge >= 0.3 is 0 Å². The molecule has 0 aromatic heterocycles. The molecule has 1 aliphatic carbocycles. The Kier molecular flexibility index (Phi) is 3.29. The van der Waals surface area contributed by atoms with Crippen LogP contribution in [0, 0.1) is 0 Å². The zero-order valence-corrected chi connectivity index (χ0v) is 11.5. The van der Waals surface area contributed by atoms with Gasteiger partial charge in [-0.2, -0.15) is 0 Å². The molecule has 0 bridgehead atoms. The van der Waals surface area contributed by atoms with Gasteiger partial charge in [0.2, 0.25) is 0 Å². The lowest BCUT2D eigenvalue weighted by Gasteiger charge is -2.41. The van der Waals surface area contributed by atoms with Crippen LogP contribution in [0.15, 0.2) is 18.2 Å². The number of benzene rings is 1. The van der Waals surface area contributed by atoms with Crippen LogP contribution in [0.3, 0.4) is 0 Å². The van der Waals surface area contributed by atoms with Gasteiger partial charge in [0.05, 0.1) is 7.11 Å². The van der Waals surface area contributed by atoms with Crippen LogP contribution in [0.2, 0.25) is 0 Å². The van der Waals surface area contributed by atoms with Crippen molar-refractivity contribution >= 4 is 0 Å². The summed E-state index contributed by atoms with van der Waals surface area (Å²) in [7, 11) is 1.75. The fraction of sp³-hybridized carbons (Fsp3) is 0.625. The monoisotopic (exact) mass is 245 g/mol. The number of hydrogen-bond acceptors (Lipinski definition) is 2. The summed E-state index contributed by atoms with van der Waals surface area (Å²) in [5.74, 6) is 2.44. The van der Waals surface area contributed by atoms with Crippen LogP contribution >= 0.6 is 0 Å². The van der Waals surface area contributed by atoms with Crippen LogP contribution in [-0.2, 0) is 0 Å². The van der Waals surface area contributed by atoms with Crippen molar-refractivity contribution in [1.29, 1.82) is 0 Å². The van der Waals surface area contributed by atoms with Crippen LogP contribution in [0.5, 0.6) is 5.75 Å². The van der Waals surface area contributed by atoms with E-state index in [0.717, 1.165) is 5.75 Å². The van der Waals surface area contributed by atoms with Gasteiger partial charge in [0.25, 0.3) is 0 Å². The predicted octanol–water partition coefficient (Wildman–Crippen LogP) is 3.38. The third-order valence-corrected chi connectivity index (χ3v) is 4.69. The van der Waals surface area contributed by atoms with Crippen molar-refractivity contribution in [3.63, 3.8) is 0 Å². The van der Waals surface area contributed by atoms with E-state index in [9.17, 15) is 0 Å². The summed E-state index contributed by atoms with van der Waals surface area (Å²) in [4.78, 5) is 2.65. The SMILES string of the molecule is COc1ccc2c(c1)C(CN1CCCCC1)C2C. The predicted molar refractivity (Wildman–Crippen MR) is 74.4 cm³/mol. The Labute approximate surface area is 110 Å². The molecule has 1 saturated heterocycles. The molecular weight excluding hydrogens is 222 g/mol. The topological polar surface area (TPSA) is 12.5 Å². The summed E-state index contributed by atoms with van der Waals surface area (Å²) in [6.07, 6.45) is 4.18. The fourth-order valence-electron chi connectivity index (χ4n) is 3.48. The van der Waals surface area contributed by atoms with Crippen molar-refractivity contribution in [1.82, 2.24) is 4.90 Å². The second-order valence-electron chi connectivity index (χ2n) is 5.75. The van der Waals surface area contributed by atoms with Crippen LogP contribution in [0.4, 0.5) is 0 Å². The lowest BCUT2D eigenvalue weighted by atomic mass is 9.68. The van der Waals surface area contributed by atoms with E-state index in [1.54, 1.807) is 7.11 Å². The Morgan fingerprint density at radius 2 is 1.94 bits per heavy atom. The molecule has 2 nitrogen and oxygen atoms in total. The van der Waals surface area contributed by atoms with Crippen molar-refractivity contribution in [2.24, 2.45) is 0 Å². The highest BCUT2D eigenvalue weighted by molar-refractivity contribution is 5.48. The van der Waals surface area contributed by atoms with Gasteiger partial charge in [0.15, 0.2) is 0 Å². The van der Waals surface area contributed by atoms with E-state index in [1.165, 1.54) is 50.0 Å². The molecule has 2 aliphatic rings. The third-order valence-electron chi connectivity index (χ3n) is 4.69. The van der Waals surface area contributed by atoms with Gasteiger partial charge in [-0.3, -0.25) is 0 Å². The van der Waals surface area contributed by atoms with Crippen molar-refractivity contribution in [3.05, 3.63) is 29.3 Å². The zero-order chi connectivity index (χ0) is 12.5. The van der Waals surface area contributed by atoms with Crippen LogP contribution < -0.4 is 4.74 Å². The van der Waals surface area contributed by atoms with E-state index in [4.69, 9.17) is 4.74 Å². The third kappa shape index (κ3) is 2.03.